The van der Waals surface area contributed by atoms with Crippen LogP contribution >= 0.6 is 0 Å². The van der Waals surface area contributed by atoms with Crippen molar-refractivity contribution in [1.29, 1.82) is 5.26 Å². The fraction of sp³-hybridized carbons (Fsp3) is 0.154. The number of aldehydes is 1. The molecule has 0 saturated heterocycles. The normalized spacial score (nSPS) is 16.9. The summed E-state index contributed by atoms with van der Waals surface area (Å²) in [5.74, 6) is 0.380. The number of hydrogen-bond acceptors (Lipinski definition) is 4. The summed E-state index contributed by atoms with van der Waals surface area (Å²) >= 11 is 0. The van der Waals surface area contributed by atoms with E-state index in [1.54, 1.807) is 18.2 Å². The average molecular weight is 240 g/mol. The number of benzene rings is 1. The molecule has 18 heavy (non-hydrogen) atoms. The molecule has 0 fully saturated rings. The number of nitrogens with zero attached hydrogens (tertiary/aromatic N) is 2. The maximum absolute atomic E-state index is 11.9. The van der Waals surface area contributed by atoms with Crippen LogP contribution in [-0.2, 0) is 4.79 Å². The summed E-state index contributed by atoms with van der Waals surface area (Å²) in [5, 5.41) is 9.80. The molecule has 0 amide bonds. The summed E-state index contributed by atoms with van der Waals surface area (Å²) < 4.78 is 6.85. The summed E-state index contributed by atoms with van der Waals surface area (Å²) in [6.07, 6.45) is 0.683. The monoisotopic (exact) mass is 240 g/mol. The Morgan fingerprint density at radius 2 is 2.17 bits per heavy atom. The predicted octanol–water partition coefficient (Wildman–Crippen LogP) is 1.01. The van der Waals surface area contributed by atoms with E-state index in [0.717, 1.165) is 5.39 Å². The van der Waals surface area contributed by atoms with Gasteiger partial charge >= 0.3 is 0 Å². The molecule has 1 aromatic heterocycles. The molecule has 88 valence electrons. The fourth-order valence-corrected chi connectivity index (χ4v) is 2.23. The first-order valence-electron chi connectivity index (χ1n) is 5.42. The lowest BCUT2D eigenvalue weighted by Gasteiger charge is -2.25. The molecule has 1 aliphatic rings. The van der Waals surface area contributed by atoms with Crippen molar-refractivity contribution in [2.24, 2.45) is 0 Å². The first-order chi connectivity index (χ1) is 8.76. The van der Waals surface area contributed by atoms with Crippen molar-refractivity contribution >= 4 is 17.2 Å². The Labute approximate surface area is 102 Å². The molecular formula is C13H8N2O3. The van der Waals surface area contributed by atoms with Gasteiger partial charge in [-0.3, -0.25) is 9.36 Å². The van der Waals surface area contributed by atoms with Crippen LogP contribution in [0.4, 0.5) is 0 Å². The van der Waals surface area contributed by atoms with Gasteiger partial charge in [0, 0.05) is 11.5 Å². The van der Waals surface area contributed by atoms with Crippen molar-refractivity contribution in [3.8, 4) is 11.8 Å². The lowest BCUT2D eigenvalue weighted by Crippen LogP contribution is -2.32. The van der Waals surface area contributed by atoms with Crippen LogP contribution in [0.5, 0.6) is 5.75 Å². The van der Waals surface area contributed by atoms with Crippen molar-refractivity contribution in [2.45, 2.75) is 6.04 Å². The molecule has 0 N–H and O–H groups in total. The van der Waals surface area contributed by atoms with E-state index >= 15 is 0 Å². The molecule has 5 heteroatoms. The molecule has 1 unspecified atom stereocenters. The summed E-state index contributed by atoms with van der Waals surface area (Å²) in [6.45, 7) is 0.0776. The van der Waals surface area contributed by atoms with E-state index in [1.807, 2.05) is 6.07 Å². The van der Waals surface area contributed by atoms with Crippen molar-refractivity contribution in [2.75, 3.05) is 6.61 Å². The van der Waals surface area contributed by atoms with Crippen LogP contribution in [0.1, 0.15) is 11.6 Å². The molecule has 0 saturated carbocycles. The van der Waals surface area contributed by atoms with Crippen LogP contribution in [0.15, 0.2) is 29.1 Å². The number of rotatable bonds is 1. The van der Waals surface area contributed by atoms with Crippen LogP contribution in [0.3, 0.4) is 0 Å². The van der Waals surface area contributed by atoms with Gasteiger partial charge in [-0.1, -0.05) is 6.07 Å². The van der Waals surface area contributed by atoms with Crippen molar-refractivity contribution in [3.63, 3.8) is 0 Å². The van der Waals surface area contributed by atoms with E-state index in [1.165, 1.54) is 10.6 Å². The third-order valence-corrected chi connectivity index (χ3v) is 3.05. The SMILES string of the molecule is N#Cc1ccc2ccc(=O)n3c2c1OCC3C=O. The van der Waals surface area contributed by atoms with Crippen LogP contribution in [0, 0.1) is 11.3 Å². The predicted molar refractivity (Wildman–Crippen MR) is 63.5 cm³/mol. The summed E-state index contributed by atoms with van der Waals surface area (Å²) in [5.41, 5.74) is 0.621. The number of carbonyl (C=O) groups excluding carboxylic acids is 1. The fourth-order valence-electron chi connectivity index (χ4n) is 2.23. The first kappa shape index (κ1) is 10.5. The van der Waals surface area contributed by atoms with E-state index in [0.29, 0.717) is 23.1 Å². The smallest absolute Gasteiger partial charge is 0.251 e. The zero-order valence-corrected chi connectivity index (χ0v) is 9.29. The molecule has 1 aromatic carbocycles. The van der Waals surface area contributed by atoms with Gasteiger partial charge in [-0.05, 0) is 12.1 Å². The molecule has 3 rings (SSSR count). The van der Waals surface area contributed by atoms with E-state index in [-0.39, 0.29) is 12.2 Å². The molecule has 0 aliphatic carbocycles. The molecule has 0 spiro atoms. The average Bonchev–Trinajstić information content (AvgIpc) is 2.42. The second kappa shape index (κ2) is 3.70. The number of ether oxygens (including phenoxy) is 1. The molecule has 2 aromatic rings. The summed E-state index contributed by atoms with van der Waals surface area (Å²) in [7, 11) is 0. The van der Waals surface area contributed by atoms with Gasteiger partial charge in [-0.25, -0.2) is 0 Å². The van der Waals surface area contributed by atoms with Gasteiger partial charge in [0.05, 0.1) is 11.1 Å². The second-order valence-corrected chi connectivity index (χ2v) is 4.05. The number of hydrogen-bond donors (Lipinski definition) is 0. The Kier molecular flexibility index (Phi) is 2.17. The Hall–Kier alpha value is -2.61. The zero-order chi connectivity index (χ0) is 12.7. The summed E-state index contributed by atoms with van der Waals surface area (Å²) in [4.78, 5) is 22.9. The number of carbonyl (C=O) groups is 1. The molecule has 5 nitrogen and oxygen atoms in total. The van der Waals surface area contributed by atoms with Crippen molar-refractivity contribution in [1.82, 2.24) is 4.57 Å². The molecule has 1 atom stereocenters. The van der Waals surface area contributed by atoms with Crippen LogP contribution in [-0.4, -0.2) is 17.5 Å². The van der Waals surface area contributed by atoms with Gasteiger partial charge in [0.15, 0.2) is 5.75 Å². The van der Waals surface area contributed by atoms with Gasteiger partial charge in [0.1, 0.15) is 25.0 Å². The number of aromatic nitrogens is 1. The Bertz CT molecular complexity index is 755. The van der Waals surface area contributed by atoms with Crippen LogP contribution in [0.25, 0.3) is 10.9 Å². The highest BCUT2D eigenvalue weighted by atomic mass is 16.5. The molecule has 0 bridgehead atoms. The second-order valence-electron chi connectivity index (χ2n) is 4.05. The Balaban J connectivity index is 2.53. The Morgan fingerprint density at radius 1 is 1.39 bits per heavy atom. The number of nitriles is 1. The van der Waals surface area contributed by atoms with Crippen molar-refractivity contribution < 1.29 is 9.53 Å². The van der Waals surface area contributed by atoms with Crippen molar-refractivity contribution in [3.05, 3.63) is 40.2 Å². The maximum Gasteiger partial charge on any atom is 0.251 e. The zero-order valence-electron chi connectivity index (χ0n) is 9.29. The van der Waals surface area contributed by atoms with Crippen LogP contribution in [0.2, 0.25) is 0 Å². The maximum atomic E-state index is 11.9. The van der Waals surface area contributed by atoms with E-state index in [4.69, 9.17) is 10.00 Å². The van der Waals surface area contributed by atoms with E-state index < -0.39 is 6.04 Å². The lowest BCUT2D eigenvalue weighted by atomic mass is 10.1. The molecule has 1 aliphatic heterocycles. The van der Waals surface area contributed by atoms with Gasteiger partial charge in [0.25, 0.3) is 5.56 Å². The van der Waals surface area contributed by atoms with E-state index in [9.17, 15) is 9.59 Å². The number of pyridine rings is 1. The first-order valence-corrected chi connectivity index (χ1v) is 5.42. The highest BCUT2D eigenvalue weighted by molar-refractivity contribution is 5.89. The third kappa shape index (κ3) is 1.26. The van der Waals surface area contributed by atoms with Gasteiger partial charge < -0.3 is 9.53 Å². The molecule has 0 radical (unpaired) electrons. The standard InChI is InChI=1S/C13H8N2O3/c14-5-9-2-1-8-3-4-11(17)15-10(6-16)7-18-13(9)12(8)15/h1-4,6,10H,7H2. The minimum Gasteiger partial charge on any atom is -0.487 e. The molecular weight excluding hydrogens is 232 g/mol. The topological polar surface area (TPSA) is 72.1 Å². The highest BCUT2D eigenvalue weighted by Crippen LogP contribution is 2.33. The quantitative estimate of drug-likeness (QED) is 0.697. The largest absolute Gasteiger partial charge is 0.487 e. The Morgan fingerprint density at radius 3 is 2.89 bits per heavy atom. The minimum absolute atomic E-state index is 0.0776. The van der Waals surface area contributed by atoms with E-state index in [2.05, 4.69) is 0 Å². The third-order valence-electron chi connectivity index (χ3n) is 3.05. The lowest BCUT2D eigenvalue weighted by molar-refractivity contribution is -0.111. The summed E-state index contributed by atoms with van der Waals surface area (Å²) in [6, 6.07) is 7.85. The van der Waals surface area contributed by atoms with Crippen LogP contribution < -0.4 is 10.3 Å². The van der Waals surface area contributed by atoms with Gasteiger partial charge in [-0.15, -0.1) is 0 Å². The van der Waals surface area contributed by atoms with Gasteiger partial charge in [-0.2, -0.15) is 5.26 Å². The van der Waals surface area contributed by atoms with Gasteiger partial charge in [0.2, 0.25) is 0 Å². The minimum atomic E-state index is -0.636. The molecule has 2 heterocycles. The highest BCUT2D eigenvalue weighted by Gasteiger charge is 2.25.